The third-order valence-corrected chi connectivity index (χ3v) is 2.53. The van der Waals surface area contributed by atoms with E-state index in [0.717, 1.165) is 31.6 Å². The Morgan fingerprint density at radius 2 is 2.07 bits per heavy atom. The maximum absolute atomic E-state index is 9.76. The number of rotatable bonds is 1. The second-order valence-electron chi connectivity index (χ2n) is 3.82. The SMILES string of the molecule is O=C(O)C1CC1.c1ccc2c(c1)CCO2. The standard InChI is InChI=1S/C8H8O.C4H6O2/c1-2-4-8-7(3-1)5-6-9-8;5-4(6)3-1-2-3/h1-4H,5-6H2;3H,1-2H2,(H,5,6). The minimum Gasteiger partial charge on any atom is -0.493 e. The number of carboxylic acids is 1. The summed E-state index contributed by atoms with van der Waals surface area (Å²) in [5.74, 6) is 0.456. The number of hydrogen-bond donors (Lipinski definition) is 1. The molecule has 0 aromatic heterocycles. The molecule has 1 aromatic rings. The number of carbonyl (C=O) groups is 1. The molecule has 80 valence electrons. The van der Waals surface area contributed by atoms with Gasteiger partial charge in [0.05, 0.1) is 12.5 Å². The quantitative estimate of drug-likeness (QED) is 0.765. The highest BCUT2D eigenvalue weighted by molar-refractivity contribution is 5.72. The van der Waals surface area contributed by atoms with Crippen LogP contribution in [0.1, 0.15) is 18.4 Å². The van der Waals surface area contributed by atoms with Gasteiger partial charge in [0.2, 0.25) is 0 Å². The predicted octanol–water partition coefficient (Wildman–Crippen LogP) is 2.10. The fourth-order valence-corrected chi connectivity index (χ4v) is 1.45. The Labute approximate surface area is 88.7 Å². The Morgan fingerprint density at radius 3 is 2.60 bits per heavy atom. The van der Waals surface area contributed by atoms with E-state index >= 15 is 0 Å². The summed E-state index contributed by atoms with van der Waals surface area (Å²) in [7, 11) is 0. The zero-order valence-electron chi connectivity index (χ0n) is 8.48. The van der Waals surface area contributed by atoms with E-state index in [1.54, 1.807) is 0 Å². The third kappa shape index (κ3) is 2.72. The van der Waals surface area contributed by atoms with E-state index < -0.39 is 5.97 Å². The highest BCUT2D eigenvalue weighted by atomic mass is 16.5. The average molecular weight is 206 g/mol. The molecule has 1 heterocycles. The highest BCUT2D eigenvalue weighted by Crippen LogP contribution is 2.28. The lowest BCUT2D eigenvalue weighted by molar-refractivity contribution is -0.138. The van der Waals surface area contributed by atoms with Gasteiger partial charge in [-0.15, -0.1) is 0 Å². The van der Waals surface area contributed by atoms with E-state index in [4.69, 9.17) is 9.84 Å². The van der Waals surface area contributed by atoms with Crippen molar-refractivity contribution in [3.8, 4) is 5.75 Å². The van der Waals surface area contributed by atoms with Gasteiger partial charge in [0.1, 0.15) is 5.75 Å². The van der Waals surface area contributed by atoms with Crippen molar-refractivity contribution in [1.29, 1.82) is 0 Å². The van der Waals surface area contributed by atoms with Gasteiger partial charge in [0, 0.05) is 6.42 Å². The lowest BCUT2D eigenvalue weighted by Gasteiger charge is -1.93. The third-order valence-electron chi connectivity index (χ3n) is 2.53. The summed E-state index contributed by atoms with van der Waals surface area (Å²) in [5.41, 5.74) is 1.34. The molecule has 1 N–H and O–H groups in total. The summed E-state index contributed by atoms with van der Waals surface area (Å²) in [6.07, 6.45) is 2.88. The summed E-state index contributed by atoms with van der Waals surface area (Å²) in [4.78, 5) is 9.76. The number of fused-ring (bicyclic) bond motifs is 1. The normalized spacial score (nSPS) is 17.1. The van der Waals surface area contributed by atoms with E-state index in [1.165, 1.54) is 5.56 Å². The minimum atomic E-state index is -0.630. The lowest BCUT2D eigenvalue weighted by atomic mass is 10.2. The van der Waals surface area contributed by atoms with Crippen molar-refractivity contribution in [2.24, 2.45) is 5.92 Å². The first-order valence-electron chi connectivity index (χ1n) is 5.21. The minimum absolute atomic E-state index is 0.0185. The second kappa shape index (κ2) is 4.34. The van der Waals surface area contributed by atoms with Crippen LogP contribution in [0.2, 0.25) is 0 Å². The Kier molecular flexibility index (Phi) is 2.90. The van der Waals surface area contributed by atoms with Gasteiger partial charge < -0.3 is 9.84 Å². The monoisotopic (exact) mass is 206 g/mol. The van der Waals surface area contributed by atoms with Crippen LogP contribution in [0.25, 0.3) is 0 Å². The van der Waals surface area contributed by atoms with Gasteiger partial charge in [0.25, 0.3) is 0 Å². The van der Waals surface area contributed by atoms with Crippen molar-refractivity contribution in [1.82, 2.24) is 0 Å². The van der Waals surface area contributed by atoms with Crippen LogP contribution in [0.4, 0.5) is 0 Å². The van der Waals surface area contributed by atoms with Crippen molar-refractivity contribution in [3.63, 3.8) is 0 Å². The van der Waals surface area contributed by atoms with Crippen LogP contribution in [0.3, 0.4) is 0 Å². The summed E-state index contributed by atoms with van der Waals surface area (Å²) in [6.45, 7) is 0.860. The lowest BCUT2D eigenvalue weighted by Crippen LogP contribution is -1.94. The van der Waals surface area contributed by atoms with Gasteiger partial charge in [-0.05, 0) is 24.5 Å². The molecule has 3 nitrogen and oxygen atoms in total. The number of para-hydroxylation sites is 1. The van der Waals surface area contributed by atoms with Crippen LogP contribution < -0.4 is 4.74 Å². The number of aliphatic carboxylic acids is 1. The van der Waals surface area contributed by atoms with Gasteiger partial charge in [-0.1, -0.05) is 18.2 Å². The van der Waals surface area contributed by atoms with Crippen LogP contribution in [-0.4, -0.2) is 17.7 Å². The molecule has 0 spiro atoms. The maximum atomic E-state index is 9.76. The summed E-state index contributed by atoms with van der Waals surface area (Å²) in [6, 6.07) is 8.18. The molecule has 0 unspecified atom stereocenters. The molecule has 0 amide bonds. The highest BCUT2D eigenvalue weighted by Gasteiger charge is 2.28. The molecule has 1 aromatic carbocycles. The average Bonchev–Trinajstić information content (AvgIpc) is 2.98. The zero-order chi connectivity index (χ0) is 10.7. The molecular weight excluding hydrogens is 192 g/mol. The Bertz CT molecular complexity index is 333. The van der Waals surface area contributed by atoms with Crippen LogP contribution in [0.15, 0.2) is 24.3 Å². The number of hydrogen-bond acceptors (Lipinski definition) is 2. The molecule has 1 saturated carbocycles. The topological polar surface area (TPSA) is 46.5 Å². The molecular formula is C12H14O3. The van der Waals surface area contributed by atoms with Crippen molar-refractivity contribution < 1.29 is 14.6 Å². The molecule has 0 radical (unpaired) electrons. The summed E-state index contributed by atoms with van der Waals surface area (Å²) < 4.78 is 5.30. The van der Waals surface area contributed by atoms with Crippen molar-refractivity contribution >= 4 is 5.97 Å². The largest absolute Gasteiger partial charge is 0.493 e. The first-order valence-corrected chi connectivity index (χ1v) is 5.21. The van der Waals surface area contributed by atoms with Crippen LogP contribution >= 0.6 is 0 Å². The first-order chi connectivity index (χ1) is 7.27. The molecule has 1 aliphatic carbocycles. The molecule has 0 saturated heterocycles. The van der Waals surface area contributed by atoms with Gasteiger partial charge in [0.15, 0.2) is 0 Å². The van der Waals surface area contributed by atoms with Crippen LogP contribution in [0, 0.1) is 5.92 Å². The summed E-state index contributed by atoms with van der Waals surface area (Å²) >= 11 is 0. The molecule has 1 fully saturated rings. The molecule has 0 bridgehead atoms. The molecule has 3 rings (SSSR count). The smallest absolute Gasteiger partial charge is 0.306 e. The fourth-order valence-electron chi connectivity index (χ4n) is 1.45. The molecule has 1 aliphatic heterocycles. The van der Waals surface area contributed by atoms with Gasteiger partial charge >= 0.3 is 5.97 Å². The first kappa shape index (κ1) is 10.0. The molecule has 3 heteroatoms. The van der Waals surface area contributed by atoms with Gasteiger partial charge in [-0.25, -0.2) is 0 Å². The maximum Gasteiger partial charge on any atom is 0.306 e. The number of benzene rings is 1. The predicted molar refractivity (Wildman–Crippen MR) is 56.0 cm³/mol. The molecule has 15 heavy (non-hydrogen) atoms. The van der Waals surface area contributed by atoms with E-state index in [9.17, 15) is 4.79 Å². The zero-order valence-corrected chi connectivity index (χ0v) is 8.48. The second-order valence-corrected chi connectivity index (χ2v) is 3.82. The van der Waals surface area contributed by atoms with Crippen molar-refractivity contribution in [2.45, 2.75) is 19.3 Å². The van der Waals surface area contributed by atoms with Gasteiger partial charge in [-0.2, -0.15) is 0 Å². The van der Waals surface area contributed by atoms with Crippen molar-refractivity contribution in [3.05, 3.63) is 29.8 Å². The van der Waals surface area contributed by atoms with Crippen molar-refractivity contribution in [2.75, 3.05) is 6.61 Å². The molecule has 2 aliphatic rings. The van der Waals surface area contributed by atoms with E-state index in [0.29, 0.717) is 0 Å². The number of carboxylic acid groups (broad SMARTS) is 1. The van der Waals surface area contributed by atoms with E-state index in [2.05, 4.69) is 6.07 Å². The molecule has 0 atom stereocenters. The van der Waals surface area contributed by atoms with Gasteiger partial charge in [-0.3, -0.25) is 4.79 Å². The van der Waals surface area contributed by atoms with Crippen LogP contribution in [0.5, 0.6) is 5.75 Å². The number of ether oxygens (including phenoxy) is 1. The Morgan fingerprint density at radius 1 is 1.33 bits per heavy atom. The Hall–Kier alpha value is -1.51. The van der Waals surface area contributed by atoms with E-state index in [-0.39, 0.29) is 5.92 Å². The summed E-state index contributed by atoms with van der Waals surface area (Å²) in [5, 5.41) is 8.05. The fraction of sp³-hybridized carbons (Fsp3) is 0.417. The van der Waals surface area contributed by atoms with E-state index in [1.807, 2.05) is 18.2 Å². The Balaban J connectivity index is 0.000000124. The van der Waals surface area contributed by atoms with Crippen LogP contribution in [-0.2, 0) is 11.2 Å².